The fourth-order valence-corrected chi connectivity index (χ4v) is 2.53. The largest absolute Gasteiger partial charge is 0.343 e. The van der Waals surface area contributed by atoms with Gasteiger partial charge in [-0.1, -0.05) is 6.92 Å². The third-order valence-electron chi connectivity index (χ3n) is 3.54. The van der Waals surface area contributed by atoms with Crippen molar-refractivity contribution in [3.05, 3.63) is 18.2 Å². The van der Waals surface area contributed by atoms with Crippen LogP contribution in [0, 0.1) is 0 Å². The van der Waals surface area contributed by atoms with Crippen LogP contribution in [0.15, 0.2) is 12.4 Å². The van der Waals surface area contributed by atoms with Gasteiger partial charge in [0.1, 0.15) is 5.82 Å². The number of aromatic nitrogens is 2. The maximum absolute atomic E-state index is 12.1. The molecular weight excluding hydrogens is 226 g/mol. The lowest BCUT2D eigenvalue weighted by Gasteiger charge is -2.26. The quantitative estimate of drug-likeness (QED) is 0.802. The van der Waals surface area contributed by atoms with Gasteiger partial charge >= 0.3 is 0 Å². The summed E-state index contributed by atoms with van der Waals surface area (Å²) in [5, 5.41) is 0. The van der Waals surface area contributed by atoms with Gasteiger partial charge in [-0.25, -0.2) is 4.98 Å². The fourth-order valence-electron chi connectivity index (χ4n) is 2.53. The SMILES string of the molecule is CCCn1ccnc1CCC(=O)N1CCCCC1. The molecule has 0 radical (unpaired) electrons. The number of rotatable bonds is 5. The summed E-state index contributed by atoms with van der Waals surface area (Å²) < 4.78 is 2.16. The lowest BCUT2D eigenvalue weighted by Crippen LogP contribution is -2.35. The van der Waals surface area contributed by atoms with Gasteiger partial charge in [-0.05, 0) is 25.7 Å². The zero-order valence-corrected chi connectivity index (χ0v) is 11.3. The van der Waals surface area contributed by atoms with E-state index in [1.165, 1.54) is 6.42 Å². The van der Waals surface area contributed by atoms with E-state index in [1.807, 2.05) is 17.3 Å². The number of likely N-dealkylation sites (tertiary alicyclic amines) is 1. The molecular formula is C14H23N3O. The molecule has 1 aromatic rings. The average molecular weight is 249 g/mol. The molecule has 4 nitrogen and oxygen atoms in total. The van der Waals surface area contributed by atoms with Gasteiger partial charge in [0.15, 0.2) is 0 Å². The maximum atomic E-state index is 12.1. The summed E-state index contributed by atoms with van der Waals surface area (Å²) in [5.74, 6) is 1.34. The fraction of sp³-hybridized carbons (Fsp3) is 0.714. The number of hydrogen-bond acceptors (Lipinski definition) is 2. The molecule has 1 aliphatic heterocycles. The minimum absolute atomic E-state index is 0.292. The number of imidazole rings is 1. The van der Waals surface area contributed by atoms with Crippen molar-refractivity contribution < 1.29 is 4.79 Å². The molecule has 1 fully saturated rings. The van der Waals surface area contributed by atoms with Crippen LogP contribution in [0.3, 0.4) is 0 Å². The summed E-state index contributed by atoms with van der Waals surface area (Å²) in [6.45, 7) is 5.04. The van der Waals surface area contributed by atoms with Crippen molar-refractivity contribution in [3.63, 3.8) is 0 Å². The van der Waals surface area contributed by atoms with Crippen molar-refractivity contribution in [3.8, 4) is 0 Å². The van der Waals surface area contributed by atoms with Gasteiger partial charge < -0.3 is 9.47 Å². The predicted molar refractivity (Wildman–Crippen MR) is 71.3 cm³/mol. The van der Waals surface area contributed by atoms with E-state index in [1.54, 1.807) is 0 Å². The Bertz CT molecular complexity index is 380. The molecule has 0 spiro atoms. The Hall–Kier alpha value is -1.32. The molecule has 0 unspecified atom stereocenters. The second kappa shape index (κ2) is 6.57. The minimum atomic E-state index is 0.292. The molecule has 1 saturated heterocycles. The van der Waals surface area contributed by atoms with E-state index in [0.29, 0.717) is 12.3 Å². The van der Waals surface area contributed by atoms with Crippen molar-refractivity contribution >= 4 is 5.91 Å². The molecule has 0 aromatic carbocycles. The minimum Gasteiger partial charge on any atom is -0.343 e. The normalized spacial score (nSPS) is 15.9. The molecule has 2 rings (SSSR count). The second-order valence-corrected chi connectivity index (χ2v) is 4.98. The van der Waals surface area contributed by atoms with Crippen LogP contribution in [-0.4, -0.2) is 33.4 Å². The van der Waals surface area contributed by atoms with Gasteiger partial charge in [-0.2, -0.15) is 0 Å². The van der Waals surface area contributed by atoms with Gasteiger partial charge in [0.05, 0.1) is 0 Å². The first-order chi connectivity index (χ1) is 8.81. The Morgan fingerprint density at radius 3 is 2.83 bits per heavy atom. The van der Waals surface area contributed by atoms with Gasteiger partial charge in [-0.3, -0.25) is 4.79 Å². The van der Waals surface area contributed by atoms with Crippen LogP contribution in [-0.2, 0) is 17.8 Å². The summed E-state index contributed by atoms with van der Waals surface area (Å²) >= 11 is 0. The van der Waals surface area contributed by atoms with Crippen molar-refractivity contribution in [2.24, 2.45) is 0 Å². The zero-order chi connectivity index (χ0) is 12.8. The van der Waals surface area contributed by atoms with Crippen LogP contribution in [0.2, 0.25) is 0 Å². The monoisotopic (exact) mass is 249 g/mol. The van der Waals surface area contributed by atoms with E-state index in [2.05, 4.69) is 16.5 Å². The first-order valence-electron chi connectivity index (χ1n) is 7.09. The molecule has 0 bridgehead atoms. The van der Waals surface area contributed by atoms with E-state index in [0.717, 1.165) is 51.1 Å². The van der Waals surface area contributed by atoms with Crippen LogP contribution < -0.4 is 0 Å². The highest BCUT2D eigenvalue weighted by atomic mass is 16.2. The predicted octanol–water partition coefficient (Wildman–Crippen LogP) is 2.24. The molecule has 100 valence electrons. The van der Waals surface area contributed by atoms with Crippen molar-refractivity contribution in [1.82, 2.24) is 14.5 Å². The highest BCUT2D eigenvalue weighted by Crippen LogP contribution is 2.11. The first kappa shape index (κ1) is 13.1. The average Bonchev–Trinajstić information content (AvgIpc) is 2.85. The number of hydrogen-bond donors (Lipinski definition) is 0. The molecule has 0 aliphatic carbocycles. The molecule has 4 heteroatoms. The number of carbonyl (C=O) groups is 1. The van der Waals surface area contributed by atoms with E-state index < -0.39 is 0 Å². The lowest BCUT2D eigenvalue weighted by atomic mass is 10.1. The Morgan fingerprint density at radius 1 is 1.33 bits per heavy atom. The van der Waals surface area contributed by atoms with Crippen LogP contribution in [0.1, 0.15) is 44.9 Å². The summed E-state index contributed by atoms with van der Waals surface area (Å²) in [7, 11) is 0. The van der Waals surface area contributed by atoms with Crippen molar-refractivity contribution in [2.75, 3.05) is 13.1 Å². The molecule has 2 heterocycles. The van der Waals surface area contributed by atoms with E-state index in [9.17, 15) is 4.79 Å². The molecule has 18 heavy (non-hydrogen) atoms. The second-order valence-electron chi connectivity index (χ2n) is 4.98. The van der Waals surface area contributed by atoms with Crippen molar-refractivity contribution in [1.29, 1.82) is 0 Å². The number of nitrogens with zero attached hydrogens (tertiary/aromatic N) is 3. The topological polar surface area (TPSA) is 38.1 Å². The Balaban J connectivity index is 1.82. The first-order valence-corrected chi connectivity index (χ1v) is 7.09. The van der Waals surface area contributed by atoms with Gasteiger partial charge in [0.25, 0.3) is 0 Å². The molecule has 1 amide bonds. The van der Waals surface area contributed by atoms with Crippen molar-refractivity contribution in [2.45, 2.75) is 52.0 Å². The summed E-state index contributed by atoms with van der Waals surface area (Å²) in [6.07, 6.45) is 9.89. The van der Waals surface area contributed by atoms with E-state index >= 15 is 0 Å². The maximum Gasteiger partial charge on any atom is 0.223 e. The van der Waals surface area contributed by atoms with Crippen LogP contribution in [0.25, 0.3) is 0 Å². The Labute approximate surface area is 109 Å². The van der Waals surface area contributed by atoms with Gasteiger partial charge in [-0.15, -0.1) is 0 Å². The molecule has 1 aliphatic rings. The Kier molecular flexibility index (Phi) is 4.79. The number of piperidine rings is 1. The number of carbonyl (C=O) groups excluding carboxylic acids is 1. The third-order valence-corrected chi connectivity index (χ3v) is 3.54. The zero-order valence-electron chi connectivity index (χ0n) is 11.3. The summed E-state index contributed by atoms with van der Waals surface area (Å²) in [5.41, 5.74) is 0. The van der Waals surface area contributed by atoms with Crippen LogP contribution in [0.4, 0.5) is 0 Å². The third kappa shape index (κ3) is 3.34. The molecule has 0 saturated carbocycles. The standard InChI is InChI=1S/C14H23N3O/c1-2-9-16-12-8-15-13(16)6-7-14(18)17-10-4-3-5-11-17/h8,12H,2-7,9-11H2,1H3. The van der Waals surface area contributed by atoms with E-state index in [4.69, 9.17) is 0 Å². The molecule has 0 atom stereocenters. The highest BCUT2D eigenvalue weighted by molar-refractivity contribution is 5.76. The van der Waals surface area contributed by atoms with Crippen LogP contribution >= 0.6 is 0 Å². The lowest BCUT2D eigenvalue weighted by molar-refractivity contribution is -0.132. The highest BCUT2D eigenvalue weighted by Gasteiger charge is 2.16. The summed E-state index contributed by atoms with van der Waals surface area (Å²) in [4.78, 5) is 18.4. The smallest absolute Gasteiger partial charge is 0.223 e. The van der Waals surface area contributed by atoms with Gasteiger partial charge in [0, 0.05) is 44.9 Å². The summed E-state index contributed by atoms with van der Waals surface area (Å²) in [6, 6.07) is 0. The van der Waals surface area contributed by atoms with E-state index in [-0.39, 0.29) is 0 Å². The molecule has 0 N–H and O–H groups in total. The molecule has 1 aromatic heterocycles. The van der Waals surface area contributed by atoms with Crippen LogP contribution in [0.5, 0.6) is 0 Å². The number of amides is 1. The van der Waals surface area contributed by atoms with Gasteiger partial charge in [0.2, 0.25) is 5.91 Å². The number of aryl methyl sites for hydroxylation is 2. The Morgan fingerprint density at radius 2 is 2.11 bits per heavy atom.